The van der Waals surface area contributed by atoms with Gasteiger partial charge in [-0.1, -0.05) is 5.92 Å². The van der Waals surface area contributed by atoms with E-state index in [1.807, 2.05) is 30.3 Å². The number of terminal acetylenes is 1. The third kappa shape index (κ3) is 2.33. The van der Waals surface area contributed by atoms with Gasteiger partial charge in [-0.05, 0) is 30.3 Å². The lowest BCUT2D eigenvalue weighted by Gasteiger charge is -2.10. The van der Waals surface area contributed by atoms with Gasteiger partial charge in [-0.15, -0.1) is 6.42 Å². The first-order valence-corrected chi connectivity index (χ1v) is 6.68. The summed E-state index contributed by atoms with van der Waals surface area (Å²) >= 11 is 0. The molecule has 2 aromatic heterocycles. The predicted molar refractivity (Wildman–Crippen MR) is 89.8 cm³/mol. The maximum absolute atomic E-state index is 5.95. The molecule has 106 valence electrons. The molecule has 6 heteroatoms. The van der Waals surface area contributed by atoms with Gasteiger partial charge in [0.2, 0.25) is 0 Å². The van der Waals surface area contributed by atoms with Crippen LogP contribution in [0.4, 0.5) is 5.82 Å². The molecule has 0 unspecified atom stereocenters. The number of fused-ring (bicyclic) bond motifs is 1. The molecule has 2 N–H and O–H groups in total. The van der Waals surface area contributed by atoms with Crippen LogP contribution in [-0.4, -0.2) is 29.9 Å². The number of nitrogens with zero attached hydrogens (tertiary/aromatic N) is 3. The molecular weight excluding hydrogens is 275 g/mol. The fourth-order valence-corrected chi connectivity index (χ4v) is 2.31. The number of pyridine rings is 1. The van der Waals surface area contributed by atoms with Gasteiger partial charge < -0.3 is 10.5 Å². The zero-order valence-corrected chi connectivity index (χ0v) is 12.3. The van der Waals surface area contributed by atoms with E-state index in [-0.39, 0.29) is 0 Å². The van der Waals surface area contributed by atoms with Crippen molar-refractivity contribution in [3.8, 4) is 29.4 Å². The number of methoxy groups -OCH3 is 1. The molecule has 3 rings (SSSR count). The monoisotopic (exact) mass is 288 g/mol. The number of nitrogens with two attached hydrogens (primary N) is 1. The van der Waals surface area contributed by atoms with Gasteiger partial charge in [-0.25, -0.2) is 15.0 Å². The molecule has 1 aromatic carbocycles. The lowest BCUT2D eigenvalue weighted by molar-refractivity contribution is 0.416. The van der Waals surface area contributed by atoms with Crippen molar-refractivity contribution in [3.05, 3.63) is 35.9 Å². The Morgan fingerprint density at radius 3 is 2.73 bits per heavy atom. The van der Waals surface area contributed by atoms with E-state index >= 15 is 0 Å². The summed E-state index contributed by atoms with van der Waals surface area (Å²) in [6.45, 7) is 0. The molecule has 0 bridgehead atoms. The minimum Gasteiger partial charge on any atom is -0.496 e. The number of rotatable bonds is 2. The average Bonchev–Trinajstić information content (AvgIpc) is 2.53. The lowest BCUT2D eigenvalue weighted by Crippen LogP contribution is -2.15. The Morgan fingerprint density at radius 1 is 1.18 bits per heavy atom. The Labute approximate surface area is 129 Å². The summed E-state index contributed by atoms with van der Waals surface area (Å²) in [6, 6.07) is 9.24. The number of anilines is 1. The zero-order valence-electron chi connectivity index (χ0n) is 12.3. The molecule has 0 aliphatic rings. The minimum atomic E-state index is 0.358. The Morgan fingerprint density at radius 2 is 2.00 bits per heavy atom. The van der Waals surface area contributed by atoms with Crippen molar-refractivity contribution >= 4 is 30.4 Å². The second kappa shape index (κ2) is 5.37. The van der Waals surface area contributed by atoms with Crippen molar-refractivity contribution in [2.24, 2.45) is 0 Å². The van der Waals surface area contributed by atoms with Crippen LogP contribution in [-0.2, 0) is 0 Å². The molecule has 0 atom stereocenters. The van der Waals surface area contributed by atoms with Crippen molar-refractivity contribution in [1.29, 1.82) is 0 Å². The third-order valence-electron chi connectivity index (χ3n) is 3.32. The van der Waals surface area contributed by atoms with Gasteiger partial charge in [0.15, 0.2) is 13.7 Å². The van der Waals surface area contributed by atoms with Gasteiger partial charge in [-0.3, -0.25) is 0 Å². The maximum Gasteiger partial charge on any atom is 0.189 e. The minimum absolute atomic E-state index is 0.358. The van der Waals surface area contributed by atoms with Gasteiger partial charge in [0, 0.05) is 11.1 Å². The molecule has 0 radical (unpaired) electrons. The molecule has 0 saturated carbocycles. The summed E-state index contributed by atoms with van der Waals surface area (Å²) in [4.78, 5) is 13.1. The van der Waals surface area contributed by atoms with Gasteiger partial charge >= 0.3 is 0 Å². The van der Waals surface area contributed by atoms with Crippen LogP contribution in [0.1, 0.15) is 5.56 Å². The normalized spacial score (nSPS) is 10.4. The van der Waals surface area contributed by atoms with Crippen LogP contribution in [0.15, 0.2) is 30.3 Å². The first-order chi connectivity index (χ1) is 10.6. The van der Waals surface area contributed by atoms with Crippen LogP contribution >= 0.6 is 0 Å². The van der Waals surface area contributed by atoms with Crippen LogP contribution in [0.5, 0.6) is 5.75 Å². The molecule has 0 spiro atoms. The number of hydrogen-bond acceptors (Lipinski definition) is 5. The van der Waals surface area contributed by atoms with E-state index in [2.05, 4.69) is 20.9 Å². The molecule has 3 aromatic rings. The lowest BCUT2D eigenvalue weighted by atomic mass is 10.1. The maximum atomic E-state index is 5.95. The van der Waals surface area contributed by atoms with Crippen molar-refractivity contribution in [2.75, 3.05) is 12.8 Å². The number of ether oxygens (including phenoxy) is 1. The van der Waals surface area contributed by atoms with Gasteiger partial charge in [0.05, 0.1) is 24.0 Å². The van der Waals surface area contributed by atoms with E-state index in [9.17, 15) is 0 Å². The molecule has 0 fully saturated rings. The highest BCUT2D eigenvalue weighted by Crippen LogP contribution is 2.30. The SMILES string of the molecule is Bc1nc(N)c2nc(-c3cc(C#C)ccc3OC)ccc2n1. The average molecular weight is 288 g/mol. The van der Waals surface area contributed by atoms with E-state index in [1.165, 1.54) is 0 Å². The van der Waals surface area contributed by atoms with Crippen LogP contribution in [0.2, 0.25) is 0 Å². The summed E-state index contributed by atoms with van der Waals surface area (Å²) < 4.78 is 5.39. The molecule has 0 aliphatic carbocycles. The highest BCUT2D eigenvalue weighted by atomic mass is 16.5. The number of aromatic nitrogens is 3. The highest BCUT2D eigenvalue weighted by Gasteiger charge is 2.11. The summed E-state index contributed by atoms with van der Waals surface area (Å²) in [5, 5.41) is 0. The summed E-state index contributed by atoms with van der Waals surface area (Å²) in [5.41, 5.74) is 10.1. The summed E-state index contributed by atoms with van der Waals surface area (Å²) in [5.74, 6) is 3.66. The van der Waals surface area contributed by atoms with E-state index < -0.39 is 0 Å². The van der Waals surface area contributed by atoms with Crippen molar-refractivity contribution in [2.45, 2.75) is 0 Å². The molecule has 0 aliphatic heterocycles. The topological polar surface area (TPSA) is 73.9 Å². The Balaban J connectivity index is 2.25. The highest BCUT2D eigenvalue weighted by molar-refractivity contribution is 6.29. The Hall–Kier alpha value is -3.07. The van der Waals surface area contributed by atoms with Gasteiger partial charge in [0.1, 0.15) is 11.3 Å². The first-order valence-electron chi connectivity index (χ1n) is 6.68. The van der Waals surface area contributed by atoms with E-state index in [4.69, 9.17) is 16.9 Å². The molecule has 5 nitrogen and oxygen atoms in total. The second-order valence-corrected chi connectivity index (χ2v) is 4.78. The first kappa shape index (κ1) is 13.9. The van der Waals surface area contributed by atoms with Crippen molar-refractivity contribution < 1.29 is 4.74 Å². The third-order valence-corrected chi connectivity index (χ3v) is 3.32. The molecule has 0 saturated heterocycles. The zero-order chi connectivity index (χ0) is 15.7. The van der Waals surface area contributed by atoms with Crippen LogP contribution in [0, 0.1) is 12.3 Å². The molecule has 0 amide bonds. The fraction of sp³-hybridized carbons (Fsp3) is 0.0625. The van der Waals surface area contributed by atoms with Crippen molar-refractivity contribution in [1.82, 2.24) is 15.0 Å². The Kier molecular flexibility index (Phi) is 3.40. The van der Waals surface area contributed by atoms with E-state index in [0.29, 0.717) is 34.0 Å². The summed E-state index contributed by atoms with van der Waals surface area (Å²) in [6.07, 6.45) is 5.47. The number of hydrogen-bond donors (Lipinski definition) is 1. The molecule has 22 heavy (non-hydrogen) atoms. The largest absolute Gasteiger partial charge is 0.496 e. The van der Waals surface area contributed by atoms with Crippen LogP contribution in [0.3, 0.4) is 0 Å². The van der Waals surface area contributed by atoms with E-state index in [1.54, 1.807) is 15.0 Å². The molecular formula is C16H13BN4O. The summed E-state index contributed by atoms with van der Waals surface area (Å²) in [7, 11) is 3.40. The second-order valence-electron chi connectivity index (χ2n) is 4.78. The standard InChI is InChI=1S/C16H13BN4O/c1-3-9-4-7-13(22-2)10(8-9)11-5-6-12-14(19-11)15(18)21-16(17)20-12/h1,4-8H,17H2,2H3,(H2,18,20,21). The van der Waals surface area contributed by atoms with Gasteiger partial charge in [0.25, 0.3) is 0 Å². The van der Waals surface area contributed by atoms with Gasteiger partial charge in [-0.2, -0.15) is 0 Å². The smallest absolute Gasteiger partial charge is 0.189 e. The quantitative estimate of drug-likeness (QED) is 0.550. The number of nitrogen functional groups attached to an aromatic ring is 1. The van der Waals surface area contributed by atoms with Crippen molar-refractivity contribution in [3.63, 3.8) is 0 Å². The Bertz CT molecular complexity index is 918. The number of benzene rings is 1. The molecule has 2 heterocycles. The van der Waals surface area contributed by atoms with E-state index in [0.717, 1.165) is 11.1 Å². The predicted octanol–water partition coefficient (Wildman–Crippen LogP) is 0.522. The van der Waals surface area contributed by atoms with Crippen LogP contribution < -0.4 is 16.2 Å². The van der Waals surface area contributed by atoms with Crippen LogP contribution in [0.25, 0.3) is 22.3 Å². The fourth-order valence-electron chi connectivity index (χ4n) is 2.31.